The maximum Gasteiger partial charge on any atom is 0.249 e. The van der Waals surface area contributed by atoms with E-state index in [0.717, 1.165) is 0 Å². The lowest BCUT2D eigenvalue weighted by molar-refractivity contribution is 1.21. The van der Waals surface area contributed by atoms with Crippen molar-refractivity contribution in [1.29, 1.82) is 0 Å². The van der Waals surface area contributed by atoms with Crippen LogP contribution in [0.15, 0.2) is 115 Å². The van der Waals surface area contributed by atoms with E-state index in [0.29, 0.717) is 0 Å². The second kappa shape index (κ2) is 8.05. The number of hydrogen-bond acceptors (Lipinski definition) is 1. The van der Waals surface area contributed by atoms with Gasteiger partial charge in [0.2, 0.25) is 6.71 Å². The number of hydrogen-bond donors (Lipinski definition) is 0. The van der Waals surface area contributed by atoms with Crippen molar-refractivity contribution >= 4 is 61.7 Å². The maximum atomic E-state index is 2.59. The van der Waals surface area contributed by atoms with Gasteiger partial charge >= 0.3 is 0 Å². The van der Waals surface area contributed by atoms with Crippen molar-refractivity contribution < 1.29 is 0 Å². The summed E-state index contributed by atoms with van der Waals surface area (Å²) in [6.45, 7) is 6.95. The minimum Gasteiger partial charge on any atom is -0.311 e. The largest absolute Gasteiger partial charge is 0.311 e. The summed E-state index contributed by atoms with van der Waals surface area (Å²) in [6, 6.07) is 43.7. The summed E-state index contributed by atoms with van der Waals surface area (Å²) < 4.78 is 0. The quantitative estimate of drug-likeness (QED) is 0.196. The summed E-state index contributed by atoms with van der Waals surface area (Å²) >= 11 is 0. The molecule has 1 nitrogen and oxygen atoms in total. The van der Waals surface area contributed by atoms with E-state index in [1.165, 1.54) is 105 Å². The predicted octanol–water partition coefficient (Wildman–Crippen LogP) is 8.85. The standard InChI is InChI=1S/C41H28BN/c1-23-19-24(2)41(25(3)20-23)43-34-17-15-27-11-7-13-30-32-21-29(26-9-5-4-6-10-26)22-33-31-14-8-12-28-16-18-35(43)40(37(28)31)42(38(32)33)39(34)36(27)30/h4-22H,1-3H3. The van der Waals surface area contributed by atoms with E-state index in [1.54, 1.807) is 0 Å². The summed E-state index contributed by atoms with van der Waals surface area (Å²) in [5.41, 5.74) is 20.3. The van der Waals surface area contributed by atoms with Gasteiger partial charge in [0.15, 0.2) is 0 Å². The molecule has 0 saturated carbocycles. The van der Waals surface area contributed by atoms with Crippen molar-refractivity contribution in [2.24, 2.45) is 0 Å². The Morgan fingerprint density at radius 2 is 1.02 bits per heavy atom. The van der Waals surface area contributed by atoms with Crippen LogP contribution in [0.4, 0.5) is 17.1 Å². The van der Waals surface area contributed by atoms with Crippen molar-refractivity contribution in [3.8, 4) is 33.4 Å². The third kappa shape index (κ3) is 2.89. The van der Waals surface area contributed by atoms with Crippen LogP contribution >= 0.6 is 0 Å². The van der Waals surface area contributed by atoms with Gasteiger partial charge in [0.1, 0.15) is 0 Å². The van der Waals surface area contributed by atoms with Crippen molar-refractivity contribution in [2.45, 2.75) is 20.8 Å². The van der Waals surface area contributed by atoms with Gasteiger partial charge in [0, 0.05) is 11.4 Å². The predicted molar refractivity (Wildman–Crippen MR) is 185 cm³/mol. The Morgan fingerprint density at radius 1 is 0.465 bits per heavy atom. The van der Waals surface area contributed by atoms with Crippen LogP contribution in [-0.2, 0) is 0 Å². The molecule has 2 heteroatoms. The second-order valence-corrected chi connectivity index (χ2v) is 12.7. The molecule has 0 unspecified atom stereocenters. The van der Waals surface area contributed by atoms with Crippen molar-refractivity contribution in [3.63, 3.8) is 0 Å². The zero-order valence-electron chi connectivity index (χ0n) is 24.5. The van der Waals surface area contributed by atoms with Gasteiger partial charge in [-0.05, 0) is 122 Å². The Kier molecular flexibility index (Phi) is 4.40. The fourth-order valence-electron chi connectivity index (χ4n) is 8.75. The first-order valence-electron chi connectivity index (χ1n) is 15.3. The number of fused-ring (bicyclic) bond motifs is 2. The number of benzene rings is 7. The van der Waals surface area contributed by atoms with Gasteiger partial charge in [0.05, 0.1) is 5.69 Å². The third-order valence-electron chi connectivity index (χ3n) is 10.2. The molecule has 0 radical (unpaired) electrons. The van der Waals surface area contributed by atoms with Crippen LogP contribution in [-0.4, -0.2) is 6.71 Å². The Bertz CT molecular complexity index is 2240. The van der Waals surface area contributed by atoms with Gasteiger partial charge in [-0.25, -0.2) is 0 Å². The first-order valence-corrected chi connectivity index (χ1v) is 15.3. The molecule has 3 aliphatic heterocycles. The van der Waals surface area contributed by atoms with Crippen LogP contribution < -0.4 is 21.3 Å². The highest BCUT2D eigenvalue weighted by molar-refractivity contribution is 7.03. The molecule has 7 aromatic carbocycles. The second-order valence-electron chi connectivity index (χ2n) is 12.7. The molecular weight excluding hydrogens is 517 g/mol. The monoisotopic (exact) mass is 545 g/mol. The Labute approximate surface area is 252 Å². The molecule has 200 valence electrons. The van der Waals surface area contributed by atoms with Gasteiger partial charge in [-0.15, -0.1) is 0 Å². The minimum atomic E-state index is 0.194. The fourth-order valence-corrected chi connectivity index (χ4v) is 8.75. The van der Waals surface area contributed by atoms with Crippen LogP contribution in [0.5, 0.6) is 0 Å². The van der Waals surface area contributed by atoms with Crippen LogP contribution in [0.2, 0.25) is 0 Å². The van der Waals surface area contributed by atoms with E-state index in [-0.39, 0.29) is 6.71 Å². The van der Waals surface area contributed by atoms with Crippen molar-refractivity contribution in [1.82, 2.24) is 0 Å². The lowest BCUT2D eigenvalue weighted by Gasteiger charge is -2.44. The Morgan fingerprint density at radius 3 is 1.58 bits per heavy atom. The van der Waals surface area contributed by atoms with Gasteiger partial charge in [-0.1, -0.05) is 102 Å². The number of anilines is 3. The molecule has 0 aliphatic carbocycles. The molecule has 43 heavy (non-hydrogen) atoms. The van der Waals surface area contributed by atoms with E-state index in [4.69, 9.17) is 0 Å². The maximum absolute atomic E-state index is 2.59. The van der Waals surface area contributed by atoms with Crippen molar-refractivity contribution in [3.05, 3.63) is 132 Å². The summed E-state index contributed by atoms with van der Waals surface area (Å²) in [5, 5.41) is 5.45. The van der Waals surface area contributed by atoms with Crippen LogP contribution in [0.25, 0.3) is 54.9 Å². The summed E-state index contributed by atoms with van der Waals surface area (Å²) in [5.74, 6) is 0. The molecular formula is C41H28BN. The van der Waals surface area contributed by atoms with Gasteiger partial charge in [-0.2, -0.15) is 0 Å². The van der Waals surface area contributed by atoms with E-state index in [1.807, 2.05) is 0 Å². The lowest BCUT2D eigenvalue weighted by atomic mass is 9.29. The Balaban J connectivity index is 1.43. The van der Waals surface area contributed by atoms with Crippen LogP contribution in [0, 0.1) is 20.8 Å². The van der Waals surface area contributed by atoms with Gasteiger partial charge < -0.3 is 4.90 Å². The molecule has 10 rings (SSSR count). The SMILES string of the molecule is Cc1cc(C)c(N2c3ccc4cccc5c4c3B3c4c-5cc(-c5ccccc5)cc4-c4cccc5ccc2c3c45)c(C)c1. The Hall–Kier alpha value is -5.08. The highest BCUT2D eigenvalue weighted by Gasteiger charge is 2.45. The highest BCUT2D eigenvalue weighted by atomic mass is 15.2. The van der Waals surface area contributed by atoms with Crippen molar-refractivity contribution in [2.75, 3.05) is 4.90 Å². The topological polar surface area (TPSA) is 3.24 Å². The normalized spacial score (nSPS) is 13.4. The van der Waals surface area contributed by atoms with Gasteiger partial charge in [-0.3, -0.25) is 0 Å². The molecule has 0 bridgehead atoms. The summed E-state index contributed by atoms with van der Waals surface area (Å²) in [6.07, 6.45) is 0. The summed E-state index contributed by atoms with van der Waals surface area (Å²) in [7, 11) is 0. The molecule has 0 fully saturated rings. The van der Waals surface area contributed by atoms with Gasteiger partial charge in [0.25, 0.3) is 0 Å². The lowest BCUT2D eigenvalue weighted by Crippen LogP contribution is -2.61. The van der Waals surface area contributed by atoms with Crippen LogP contribution in [0.1, 0.15) is 16.7 Å². The third-order valence-corrected chi connectivity index (χ3v) is 10.2. The highest BCUT2D eigenvalue weighted by Crippen LogP contribution is 2.48. The zero-order chi connectivity index (χ0) is 28.6. The first-order chi connectivity index (χ1) is 21.1. The van der Waals surface area contributed by atoms with E-state index < -0.39 is 0 Å². The molecule has 0 aromatic heterocycles. The molecule has 3 heterocycles. The zero-order valence-corrected chi connectivity index (χ0v) is 24.5. The van der Waals surface area contributed by atoms with E-state index in [9.17, 15) is 0 Å². The first kappa shape index (κ1) is 23.5. The average molecular weight is 545 g/mol. The molecule has 0 spiro atoms. The molecule has 0 N–H and O–H groups in total. The molecule has 7 aromatic rings. The average Bonchev–Trinajstić information content (AvgIpc) is 3.03. The molecule has 0 saturated heterocycles. The molecule has 3 aliphatic rings. The number of aryl methyl sites for hydroxylation is 3. The fraction of sp³-hybridized carbons (Fsp3) is 0.0732. The van der Waals surface area contributed by atoms with Crippen LogP contribution in [0.3, 0.4) is 0 Å². The minimum absolute atomic E-state index is 0.194. The smallest absolute Gasteiger partial charge is 0.249 e. The van der Waals surface area contributed by atoms with E-state index in [2.05, 4.69) is 141 Å². The number of nitrogens with zero attached hydrogens (tertiary/aromatic N) is 1. The number of rotatable bonds is 2. The summed E-state index contributed by atoms with van der Waals surface area (Å²) in [4.78, 5) is 2.59. The molecule has 0 amide bonds. The molecule has 0 atom stereocenters. The van der Waals surface area contributed by atoms with E-state index >= 15 is 0 Å².